The summed E-state index contributed by atoms with van der Waals surface area (Å²) in [6.07, 6.45) is 0.934. The van der Waals surface area contributed by atoms with Crippen LogP contribution in [0.3, 0.4) is 0 Å². The number of hydrogen-bond donors (Lipinski definition) is 1. The van der Waals surface area contributed by atoms with Crippen molar-refractivity contribution in [1.82, 2.24) is 10.2 Å². The predicted molar refractivity (Wildman–Crippen MR) is 78.8 cm³/mol. The highest BCUT2D eigenvalue weighted by Crippen LogP contribution is 2.27. The minimum atomic E-state index is 0. The van der Waals surface area contributed by atoms with Crippen molar-refractivity contribution in [3.8, 4) is 0 Å². The van der Waals surface area contributed by atoms with E-state index in [1.54, 1.807) is 0 Å². The Morgan fingerprint density at radius 3 is 2.79 bits per heavy atom. The molecule has 2 aliphatic rings. The van der Waals surface area contributed by atoms with Gasteiger partial charge in [-0.3, -0.25) is 4.79 Å². The van der Waals surface area contributed by atoms with Crippen LogP contribution in [0, 0.1) is 0 Å². The van der Waals surface area contributed by atoms with Crippen LogP contribution in [0.15, 0.2) is 24.3 Å². The Hall–Kier alpha value is -1.26. The van der Waals surface area contributed by atoms with E-state index in [-0.39, 0.29) is 24.4 Å². The number of anilines is 1. The van der Waals surface area contributed by atoms with E-state index < -0.39 is 0 Å². The quantitative estimate of drug-likeness (QED) is 0.842. The van der Waals surface area contributed by atoms with Gasteiger partial charge in [-0.05, 0) is 18.1 Å². The van der Waals surface area contributed by atoms with E-state index in [1.165, 1.54) is 11.3 Å². The van der Waals surface area contributed by atoms with Gasteiger partial charge in [0.25, 0.3) is 0 Å². The first-order valence-corrected chi connectivity index (χ1v) is 6.57. The summed E-state index contributed by atoms with van der Waals surface area (Å²) >= 11 is 0. The normalized spacial score (nSPS) is 22.8. The third-order valence-electron chi connectivity index (χ3n) is 3.92. The van der Waals surface area contributed by atoms with Crippen LogP contribution in [-0.4, -0.2) is 43.5 Å². The number of nitrogens with zero attached hydrogens (tertiary/aromatic N) is 2. The van der Waals surface area contributed by atoms with E-state index in [9.17, 15) is 4.79 Å². The van der Waals surface area contributed by atoms with E-state index >= 15 is 0 Å². The maximum absolute atomic E-state index is 12.2. The molecular weight excluding hydrogens is 262 g/mol. The average Bonchev–Trinajstić information content (AvgIpc) is 2.63. The fourth-order valence-corrected chi connectivity index (χ4v) is 2.90. The number of likely N-dealkylation sites (N-methyl/N-ethyl adjacent to an activating group) is 1. The van der Waals surface area contributed by atoms with E-state index in [0.717, 1.165) is 32.6 Å². The fourth-order valence-electron chi connectivity index (χ4n) is 2.90. The van der Waals surface area contributed by atoms with Crippen molar-refractivity contribution in [3.05, 3.63) is 29.8 Å². The molecule has 1 aromatic carbocycles. The minimum absolute atomic E-state index is 0. The molecule has 0 bridgehead atoms. The fraction of sp³-hybridized carbons (Fsp3) is 0.500. The van der Waals surface area contributed by atoms with E-state index in [4.69, 9.17) is 0 Å². The number of carbonyl (C=O) groups excluding carboxylic acids is 1. The van der Waals surface area contributed by atoms with Crippen molar-refractivity contribution in [2.24, 2.45) is 0 Å². The van der Waals surface area contributed by atoms with Crippen LogP contribution in [0.4, 0.5) is 5.69 Å². The molecule has 1 saturated heterocycles. The molecule has 5 heteroatoms. The summed E-state index contributed by atoms with van der Waals surface area (Å²) in [6.45, 7) is 3.60. The third kappa shape index (κ3) is 2.55. The van der Waals surface area contributed by atoms with Crippen molar-refractivity contribution in [1.29, 1.82) is 0 Å². The molecule has 0 aromatic heterocycles. The molecule has 104 valence electrons. The summed E-state index contributed by atoms with van der Waals surface area (Å²) in [4.78, 5) is 16.3. The summed E-state index contributed by atoms with van der Waals surface area (Å²) < 4.78 is 0. The van der Waals surface area contributed by atoms with Gasteiger partial charge in [-0.1, -0.05) is 18.2 Å². The summed E-state index contributed by atoms with van der Waals surface area (Å²) in [5.41, 5.74) is 2.51. The lowest BCUT2D eigenvalue weighted by Crippen LogP contribution is -2.43. The molecule has 0 aliphatic carbocycles. The highest BCUT2D eigenvalue weighted by molar-refractivity contribution is 5.87. The van der Waals surface area contributed by atoms with Crippen molar-refractivity contribution >= 4 is 24.0 Å². The van der Waals surface area contributed by atoms with Gasteiger partial charge in [0, 0.05) is 38.9 Å². The van der Waals surface area contributed by atoms with Crippen LogP contribution in [-0.2, 0) is 11.3 Å². The Morgan fingerprint density at radius 2 is 2.05 bits per heavy atom. The summed E-state index contributed by atoms with van der Waals surface area (Å²) in [6, 6.07) is 8.42. The minimum Gasteiger partial charge on any atom is -0.358 e. The molecule has 3 rings (SSSR count). The maximum atomic E-state index is 12.2. The van der Waals surface area contributed by atoms with Crippen LogP contribution in [0.1, 0.15) is 12.0 Å². The van der Waals surface area contributed by atoms with Crippen molar-refractivity contribution < 1.29 is 4.79 Å². The number of carbonyl (C=O) groups is 1. The molecular formula is C14H20ClN3O. The number of para-hydroxylation sites is 1. The van der Waals surface area contributed by atoms with Gasteiger partial charge in [-0.2, -0.15) is 0 Å². The first kappa shape index (κ1) is 14.2. The molecule has 1 fully saturated rings. The van der Waals surface area contributed by atoms with Gasteiger partial charge in [0.15, 0.2) is 0 Å². The molecule has 1 amide bonds. The van der Waals surface area contributed by atoms with Gasteiger partial charge >= 0.3 is 0 Å². The van der Waals surface area contributed by atoms with E-state index in [0.29, 0.717) is 0 Å². The van der Waals surface area contributed by atoms with Gasteiger partial charge in [-0.25, -0.2) is 0 Å². The zero-order valence-corrected chi connectivity index (χ0v) is 11.9. The summed E-state index contributed by atoms with van der Waals surface area (Å²) in [7, 11) is 1.89. The van der Waals surface area contributed by atoms with E-state index in [1.807, 2.05) is 11.9 Å². The SMILES string of the molecule is CN1CCC(N2CCNCc3ccccc32)C1=O.Cl. The summed E-state index contributed by atoms with van der Waals surface area (Å²) in [5.74, 6) is 0.256. The van der Waals surface area contributed by atoms with Crippen molar-refractivity contribution in [3.63, 3.8) is 0 Å². The van der Waals surface area contributed by atoms with Gasteiger partial charge in [0.1, 0.15) is 6.04 Å². The van der Waals surface area contributed by atoms with Gasteiger partial charge in [0.2, 0.25) is 5.91 Å². The maximum Gasteiger partial charge on any atom is 0.245 e. The van der Waals surface area contributed by atoms with Gasteiger partial charge < -0.3 is 15.1 Å². The molecule has 0 radical (unpaired) electrons. The smallest absolute Gasteiger partial charge is 0.245 e. The number of benzene rings is 1. The number of likely N-dealkylation sites (tertiary alicyclic amines) is 1. The first-order chi connectivity index (χ1) is 8.77. The van der Waals surface area contributed by atoms with Crippen LogP contribution < -0.4 is 10.2 Å². The Bertz CT molecular complexity index is 466. The van der Waals surface area contributed by atoms with Crippen molar-refractivity contribution in [2.45, 2.75) is 19.0 Å². The standard InChI is InChI=1S/C14H19N3O.ClH/c1-16-8-6-13(14(16)18)17-9-7-15-10-11-4-2-3-5-12(11)17;/h2-5,13,15H,6-10H2,1H3;1H. The van der Waals surface area contributed by atoms with Crippen LogP contribution in [0.2, 0.25) is 0 Å². The number of halogens is 1. The van der Waals surface area contributed by atoms with Gasteiger partial charge in [-0.15, -0.1) is 12.4 Å². The highest BCUT2D eigenvalue weighted by atomic mass is 35.5. The molecule has 1 unspecified atom stereocenters. The second-order valence-corrected chi connectivity index (χ2v) is 5.06. The monoisotopic (exact) mass is 281 g/mol. The van der Waals surface area contributed by atoms with Gasteiger partial charge in [0.05, 0.1) is 0 Å². The number of amides is 1. The number of nitrogens with one attached hydrogen (secondary N) is 1. The Morgan fingerprint density at radius 1 is 1.26 bits per heavy atom. The molecule has 1 aromatic rings. The zero-order chi connectivity index (χ0) is 12.5. The average molecular weight is 282 g/mol. The highest BCUT2D eigenvalue weighted by Gasteiger charge is 2.35. The molecule has 19 heavy (non-hydrogen) atoms. The molecule has 2 aliphatic heterocycles. The molecule has 2 heterocycles. The second-order valence-electron chi connectivity index (χ2n) is 5.06. The molecule has 4 nitrogen and oxygen atoms in total. The lowest BCUT2D eigenvalue weighted by atomic mass is 10.1. The topological polar surface area (TPSA) is 35.6 Å². The summed E-state index contributed by atoms with van der Waals surface area (Å²) in [5, 5.41) is 3.42. The number of hydrogen-bond acceptors (Lipinski definition) is 3. The molecule has 0 saturated carbocycles. The second kappa shape index (κ2) is 5.80. The Kier molecular flexibility index (Phi) is 4.32. The molecule has 0 spiro atoms. The lowest BCUT2D eigenvalue weighted by molar-refractivity contribution is -0.127. The van der Waals surface area contributed by atoms with E-state index in [2.05, 4.69) is 34.5 Å². The van der Waals surface area contributed by atoms with Crippen LogP contribution >= 0.6 is 12.4 Å². The number of fused-ring (bicyclic) bond motifs is 1. The largest absolute Gasteiger partial charge is 0.358 e. The zero-order valence-electron chi connectivity index (χ0n) is 11.1. The third-order valence-corrected chi connectivity index (χ3v) is 3.92. The Labute approximate surface area is 120 Å². The Balaban J connectivity index is 0.00000133. The first-order valence-electron chi connectivity index (χ1n) is 6.57. The lowest BCUT2D eigenvalue weighted by Gasteiger charge is -2.29. The predicted octanol–water partition coefficient (Wildman–Crippen LogP) is 1.25. The number of rotatable bonds is 1. The van der Waals surface area contributed by atoms with Crippen LogP contribution in [0.25, 0.3) is 0 Å². The van der Waals surface area contributed by atoms with Crippen LogP contribution in [0.5, 0.6) is 0 Å². The molecule has 1 N–H and O–H groups in total. The van der Waals surface area contributed by atoms with Crippen molar-refractivity contribution in [2.75, 3.05) is 31.6 Å². The molecule has 1 atom stereocenters.